The van der Waals surface area contributed by atoms with E-state index in [4.69, 9.17) is 25.2 Å². The first kappa shape index (κ1) is 21.8. The van der Waals surface area contributed by atoms with E-state index >= 15 is 0 Å². The van der Waals surface area contributed by atoms with E-state index in [0.29, 0.717) is 17.9 Å². The number of rotatable bonds is 5. The van der Waals surface area contributed by atoms with E-state index in [1.54, 1.807) is 0 Å². The van der Waals surface area contributed by atoms with Gasteiger partial charge in [-0.2, -0.15) is 0 Å². The number of cyclic esters (lactones) is 1. The number of ether oxygens (including phenoxy) is 2. The van der Waals surface area contributed by atoms with Crippen LogP contribution in [0.2, 0.25) is 0 Å². The van der Waals surface area contributed by atoms with Gasteiger partial charge in [-0.1, -0.05) is 6.92 Å². The summed E-state index contributed by atoms with van der Waals surface area (Å²) in [5, 5.41) is 1.87. The van der Waals surface area contributed by atoms with E-state index in [2.05, 4.69) is 11.1 Å². The predicted molar refractivity (Wildman–Crippen MR) is 125 cm³/mol. The van der Waals surface area contributed by atoms with Crippen molar-refractivity contribution >= 4 is 16.7 Å². The van der Waals surface area contributed by atoms with E-state index in [1.165, 1.54) is 0 Å². The summed E-state index contributed by atoms with van der Waals surface area (Å²) in [6.07, 6.45) is 6.55. The number of pyridine rings is 3. The fourth-order valence-corrected chi connectivity index (χ4v) is 4.22. The molecule has 172 valence electrons. The highest BCUT2D eigenvalue weighted by atomic mass is 16.6. The molecule has 1 atom stereocenters. The van der Waals surface area contributed by atoms with Crippen molar-refractivity contribution in [2.75, 3.05) is 0 Å². The van der Waals surface area contributed by atoms with Gasteiger partial charge < -0.3 is 15.2 Å². The van der Waals surface area contributed by atoms with E-state index in [0.717, 1.165) is 46.3 Å². The summed E-state index contributed by atoms with van der Waals surface area (Å²) < 4.78 is 11.6. The third-order valence-electron chi connectivity index (χ3n) is 6.66. The lowest BCUT2D eigenvalue weighted by Gasteiger charge is -2.36. The Hall–Kier alpha value is -3.06. The van der Waals surface area contributed by atoms with Crippen LogP contribution in [-0.2, 0) is 16.7 Å². The van der Waals surface area contributed by atoms with Crippen LogP contribution in [0.4, 0.5) is 0 Å². The van der Waals surface area contributed by atoms with Crippen molar-refractivity contribution in [2.45, 2.75) is 77.0 Å². The Balaban J connectivity index is 1.53. The lowest BCUT2D eigenvalue weighted by molar-refractivity contribution is -0.0190. The second kappa shape index (κ2) is 7.48. The van der Waals surface area contributed by atoms with Crippen molar-refractivity contribution in [2.24, 2.45) is 5.73 Å². The number of nitrogens with two attached hydrogens (primary N) is 1. The summed E-state index contributed by atoms with van der Waals surface area (Å²) in [6.45, 7) is 9.82. The minimum atomic E-state index is -0.594. The molecule has 2 aliphatic rings. The summed E-state index contributed by atoms with van der Waals surface area (Å²) in [7, 11) is 0. The van der Waals surface area contributed by atoms with Gasteiger partial charge in [-0.25, -0.2) is 9.78 Å². The third-order valence-corrected chi connectivity index (χ3v) is 6.66. The average molecular weight is 447 g/mol. The van der Waals surface area contributed by atoms with E-state index in [1.807, 2.05) is 59.1 Å². The molecule has 0 aromatic carbocycles. The van der Waals surface area contributed by atoms with Crippen LogP contribution in [0.5, 0.6) is 5.88 Å². The molecule has 2 N–H and O–H groups in total. The Morgan fingerprint density at radius 1 is 1.15 bits per heavy atom. The van der Waals surface area contributed by atoms with Crippen molar-refractivity contribution in [3.05, 3.63) is 58.8 Å². The van der Waals surface area contributed by atoms with Gasteiger partial charge in [0.05, 0.1) is 16.6 Å². The minimum Gasteiger partial charge on any atom is -0.474 e. The normalized spacial score (nSPS) is 19.8. The van der Waals surface area contributed by atoms with Crippen molar-refractivity contribution in [3.63, 3.8) is 0 Å². The summed E-state index contributed by atoms with van der Waals surface area (Å²) in [5.41, 5.74) is 9.30. The fourth-order valence-electron chi connectivity index (χ4n) is 4.22. The molecule has 7 heteroatoms. The van der Waals surface area contributed by atoms with Gasteiger partial charge in [-0.05, 0) is 69.7 Å². The number of hydrogen-bond acceptors (Lipinski definition) is 7. The van der Waals surface area contributed by atoms with Crippen molar-refractivity contribution in [3.8, 4) is 5.88 Å². The van der Waals surface area contributed by atoms with Crippen molar-refractivity contribution in [1.29, 1.82) is 0 Å². The van der Waals surface area contributed by atoms with Crippen LogP contribution in [0.1, 0.15) is 86.4 Å². The number of esters is 1. The molecular weight excluding hydrogens is 416 g/mol. The van der Waals surface area contributed by atoms with Crippen molar-refractivity contribution < 1.29 is 14.3 Å². The molecule has 3 aromatic rings. The van der Waals surface area contributed by atoms with E-state index in [9.17, 15) is 4.79 Å². The SMILES string of the molecule is C[C@H]1c2nc(Cc3cc4c(C(C)(C)N)cnc(OC5CC5)c4cn3)ccc2C(=O)OC1(C)C. The van der Waals surface area contributed by atoms with Crippen LogP contribution in [0, 0.1) is 0 Å². The average Bonchev–Trinajstić information content (AvgIpc) is 3.55. The number of carbonyl (C=O) groups is 1. The van der Waals surface area contributed by atoms with Gasteiger partial charge >= 0.3 is 5.97 Å². The first-order chi connectivity index (χ1) is 15.5. The Kier molecular flexibility index (Phi) is 4.94. The summed E-state index contributed by atoms with van der Waals surface area (Å²) in [6, 6.07) is 5.75. The van der Waals surface area contributed by atoms with Crippen LogP contribution in [0.3, 0.4) is 0 Å². The van der Waals surface area contributed by atoms with Gasteiger partial charge in [-0.15, -0.1) is 0 Å². The lowest BCUT2D eigenvalue weighted by Crippen LogP contribution is -2.39. The highest BCUT2D eigenvalue weighted by Crippen LogP contribution is 2.38. The third kappa shape index (κ3) is 4.06. The largest absolute Gasteiger partial charge is 0.474 e. The zero-order valence-electron chi connectivity index (χ0n) is 19.8. The molecule has 1 fully saturated rings. The van der Waals surface area contributed by atoms with Gasteiger partial charge in [0.15, 0.2) is 0 Å². The maximum absolute atomic E-state index is 12.4. The quantitative estimate of drug-likeness (QED) is 0.580. The topological polar surface area (TPSA) is 100 Å². The molecule has 0 unspecified atom stereocenters. The maximum atomic E-state index is 12.4. The molecule has 0 spiro atoms. The molecule has 5 rings (SSSR count). The molecule has 33 heavy (non-hydrogen) atoms. The number of nitrogens with zero attached hydrogens (tertiary/aromatic N) is 3. The summed E-state index contributed by atoms with van der Waals surface area (Å²) >= 11 is 0. The highest BCUT2D eigenvalue weighted by Gasteiger charge is 2.40. The number of carbonyl (C=O) groups excluding carboxylic acids is 1. The highest BCUT2D eigenvalue weighted by molar-refractivity contribution is 5.92. The molecule has 4 heterocycles. The number of hydrogen-bond donors (Lipinski definition) is 1. The van der Waals surface area contributed by atoms with E-state index in [-0.39, 0.29) is 18.0 Å². The van der Waals surface area contributed by atoms with Crippen LogP contribution in [-0.4, -0.2) is 32.6 Å². The van der Waals surface area contributed by atoms with Gasteiger partial charge in [0.1, 0.15) is 11.7 Å². The van der Waals surface area contributed by atoms with Gasteiger partial charge in [0.2, 0.25) is 5.88 Å². The Morgan fingerprint density at radius 2 is 1.91 bits per heavy atom. The standard InChI is InChI=1S/C26H30N4O3/c1-14-22-18(24(31)33-26(14,4)5)9-6-15(30-22)10-16-11-19-20(12-28-16)23(32-17-7-8-17)29-13-21(19)25(2,3)27/h6,9,11-14,17H,7-8,10,27H2,1-5H3/t14-/m0/s1. The smallest absolute Gasteiger partial charge is 0.340 e. The van der Waals surface area contributed by atoms with Gasteiger partial charge in [-0.3, -0.25) is 9.97 Å². The summed E-state index contributed by atoms with van der Waals surface area (Å²) in [5.74, 6) is 0.287. The van der Waals surface area contributed by atoms with E-state index < -0.39 is 11.1 Å². The first-order valence-corrected chi connectivity index (χ1v) is 11.5. The second-order valence-corrected chi connectivity index (χ2v) is 10.4. The molecule has 0 bridgehead atoms. The zero-order chi connectivity index (χ0) is 23.5. The molecule has 1 aliphatic heterocycles. The first-order valence-electron chi connectivity index (χ1n) is 11.5. The predicted octanol–water partition coefficient (Wildman–Crippen LogP) is 4.40. The van der Waals surface area contributed by atoms with Crippen LogP contribution >= 0.6 is 0 Å². The molecule has 3 aromatic heterocycles. The number of aromatic nitrogens is 3. The van der Waals surface area contributed by atoms with Crippen LogP contribution < -0.4 is 10.5 Å². The Labute approximate surface area is 193 Å². The molecule has 0 amide bonds. The van der Waals surface area contributed by atoms with Gasteiger partial charge in [0.25, 0.3) is 0 Å². The molecule has 1 saturated carbocycles. The molecule has 1 aliphatic carbocycles. The Bertz CT molecular complexity index is 1260. The van der Waals surface area contributed by atoms with Crippen LogP contribution in [0.15, 0.2) is 30.6 Å². The molecular formula is C26H30N4O3. The number of fused-ring (bicyclic) bond motifs is 2. The molecule has 0 radical (unpaired) electrons. The monoisotopic (exact) mass is 446 g/mol. The minimum absolute atomic E-state index is 0.00689. The Morgan fingerprint density at radius 3 is 2.61 bits per heavy atom. The molecule has 0 saturated heterocycles. The summed E-state index contributed by atoms with van der Waals surface area (Å²) in [4.78, 5) is 26.5. The van der Waals surface area contributed by atoms with Crippen LogP contribution in [0.25, 0.3) is 10.8 Å². The van der Waals surface area contributed by atoms with Crippen molar-refractivity contribution in [1.82, 2.24) is 15.0 Å². The zero-order valence-corrected chi connectivity index (χ0v) is 19.8. The fraction of sp³-hybridized carbons (Fsp3) is 0.462. The lowest BCUT2D eigenvalue weighted by atomic mass is 9.84. The van der Waals surface area contributed by atoms with Gasteiger partial charge in [0, 0.05) is 41.7 Å². The maximum Gasteiger partial charge on any atom is 0.340 e. The second-order valence-electron chi connectivity index (χ2n) is 10.4. The molecule has 7 nitrogen and oxygen atoms in total.